The predicted octanol–water partition coefficient (Wildman–Crippen LogP) is 2.83. The van der Waals surface area contributed by atoms with E-state index in [0.717, 1.165) is 18.9 Å². The zero-order chi connectivity index (χ0) is 15.3. The maximum Gasteiger partial charge on any atom is 0.243 e. The van der Waals surface area contributed by atoms with E-state index in [1.807, 2.05) is 6.92 Å². The summed E-state index contributed by atoms with van der Waals surface area (Å²) in [6.45, 7) is 3.12. The summed E-state index contributed by atoms with van der Waals surface area (Å²) in [6, 6.07) is 1.96. The van der Waals surface area contributed by atoms with Gasteiger partial charge in [-0.15, -0.1) is 0 Å². The molecule has 7 heteroatoms. The Labute approximate surface area is 124 Å². The molecule has 20 heavy (non-hydrogen) atoms. The fourth-order valence-electron chi connectivity index (χ4n) is 1.83. The SMILES string of the molecule is CCCCC(C)NS(=O)(=O)c1cc(Cl)cc(CO)c1F. The summed E-state index contributed by atoms with van der Waals surface area (Å²) >= 11 is 5.76. The normalized spacial score (nSPS) is 13.4. The van der Waals surface area contributed by atoms with E-state index in [9.17, 15) is 12.8 Å². The summed E-state index contributed by atoms with van der Waals surface area (Å²) in [5.41, 5.74) is -0.140. The Balaban J connectivity index is 3.06. The molecular weight excluding hydrogens is 305 g/mol. The number of aliphatic hydroxyl groups excluding tert-OH is 1. The Bertz CT molecular complexity index is 563. The molecule has 1 rings (SSSR count). The van der Waals surface area contributed by atoms with Crippen molar-refractivity contribution < 1.29 is 17.9 Å². The Kier molecular flexibility index (Phi) is 6.39. The zero-order valence-corrected chi connectivity index (χ0v) is 13.1. The zero-order valence-electron chi connectivity index (χ0n) is 11.5. The van der Waals surface area contributed by atoms with Crippen LogP contribution >= 0.6 is 11.6 Å². The highest BCUT2D eigenvalue weighted by Crippen LogP contribution is 2.24. The number of sulfonamides is 1. The molecule has 2 N–H and O–H groups in total. The molecular formula is C13H19ClFNO3S. The molecule has 0 radical (unpaired) electrons. The molecule has 1 atom stereocenters. The van der Waals surface area contributed by atoms with E-state index >= 15 is 0 Å². The van der Waals surface area contributed by atoms with Crippen LogP contribution in [0.4, 0.5) is 4.39 Å². The summed E-state index contributed by atoms with van der Waals surface area (Å²) in [6.07, 6.45) is 2.50. The van der Waals surface area contributed by atoms with Gasteiger partial charge in [-0.2, -0.15) is 0 Å². The van der Waals surface area contributed by atoms with Gasteiger partial charge in [0.1, 0.15) is 10.7 Å². The quantitative estimate of drug-likeness (QED) is 0.811. The molecule has 0 fully saturated rings. The van der Waals surface area contributed by atoms with Crippen molar-refractivity contribution in [1.82, 2.24) is 4.72 Å². The van der Waals surface area contributed by atoms with Crippen LogP contribution in [0.2, 0.25) is 5.02 Å². The topological polar surface area (TPSA) is 66.4 Å². The molecule has 114 valence electrons. The highest BCUT2D eigenvalue weighted by molar-refractivity contribution is 7.89. The standard InChI is InChI=1S/C13H19ClFNO3S/c1-3-4-5-9(2)16-20(18,19)12-7-11(14)6-10(8-17)13(12)15/h6-7,9,16-17H,3-5,8H2,1-2H3. The highest BCUT2D eigenvalue weighted by Gasteiger charge is 2.23. The van der Waals surface area contributed by atoms with Gasteiger partial charge in [-0.3, -0.25) is 0 Å². The van der Waals surface area contributed by atoms with Crippen LogP contribution in [0.1, 0.15) is 38.7 Å². The van der Waals surface area contributed by atoms with Crippen molar-refractivity contribution in [3.63, 3.8) is 0 Å². The van der Waals surface area contributed by atoms with Gasteiger partial charge >= 0.3 is 0 Å². The number of hydrogen-bond acceptors (Lipinski definition) is 3. The Hall–Kier alpha value is -0.690. The Morgan fingerprint density at radius 1 is 1.45 bits per heavy atom. The molecule has 0 saturated heterocycles. The average Bonchev–Trinajstić information content (AvgIpc) is 2.37. The van der Waals surface area contributed by atoms with E-state index in [-0.39, 0.29) is 16.6 Å². The van der Waals surface area contributed by atoms with Crippen LogP contribution in [0.15, 0.2) is 17.0 Å². The fourth-order valence-corrected chi connectivity index (χ4v) is 3.56. The predicted molar refractivity (Wildman–Crippen MR) is 76.6 cm³/mol. The van der Waals surface area contributed by atoms with Crippen molar-refractivity contribution in [2.45, 2.75) is 50.7 Å². The average molecular weight is 324 g/mol. The third-order valence-electron chi connectivity index (χ3n) is 2.89. The summed E-state index contributed by atoms with van der Waals surface area (Å²) in [7, 11) is -4.00. The molecule has 1 aromatic rings. The lowest BCUT2D eigenvalue weighted by atomic mass is 10.2. The number of rotatable bonds is 7. The minimum atomic E-state index is -4.00. The smallest absolute Gasteiger partial charge is 0.243 e. The van der Waals surface area contributed by atoms with Gasteiger partial charge < -0.3 is 5.11 Å². The van der Waals surface area contributed by atoms with Gasteiger partial charge in [0.25, 0.3) is 0 Å². The van der Waals surface area contributed by atoms with Gasteiger partial charge in [0.2, 0.25) is 10.0 Å². The van der Waals surface area contributed by atoms with Crippen LogP contribution in [0.3, 0.4) is 0 Å². The number of unbranched alkanes of at least 4 members (excludes halogenated alkanes) is 1. The number of nitrogens with one attached hydrogen (secondary N) is 1. The van der Waals surface area contributed by atoms with Crippen LogP contribution in [-0.2, 0) is 16.6 Å². The first-order chi connectivity index (χ1) is 9.31. The molecule has 0 aliphatic rings. The summed E-state index contributed by atoms with van der Waals surface area (Å²) in [4.78, 5) is -0.530. The van der Waals surface area contributed by atoms with Gasteiger partial charge in [-0.05, 0) is 25.5 Å². The molecule has 0 amide bonds. The minimum Gasteiger partial charge on any atom is -0.392 e. The van der Waals surface area contributed by atoms with E-state index in [0.29, 0.717) is 6.42 Å². The third-order valence-corrected chi connectivity index (χ3v) is 4.69. The van der Waals surface area contributed by atoms with Crippen LogP contribution in [0.5, 0.6) is 0 Å². The van der Waals surface area contributed by atoms with Crippen molar-refractivity contribution in [1.29, 1.82) is 0 Å². The third kappa shape index (κ3) is 4.41. The van der Waals surface area contributed by atoms with E-state index in [2.05, 4.69) is 4.72 Å². The van der Waals surface area contributed by atoms with E-state index < -0.39 is 27.3 Å². The molecule has 0 aromatic heterocycles. The number of halogens is 2. The van der Waals surface area contributed by atoms with Crippen molar-refractivity contribution in [3.8, 4) is 0 Å². The molecule has 0 spiro atoms. The lowest BCUT2D eigenvalue weighted by Gasteiger charge is -2.15. The Morgan fingerprint density at radius 3 is 2.65 bits per heavy atom. The second-order valence-electron chi connectivity index (χ2n) is 4.70. The first-order valence-corrected chi connectivity index (χ1v) is 8.29. The molecule has 0 saturated carbocycles. The Morgan fingerprint density at radius 2 is 2.10 bits per heavy atom. The van der Waals surface area contributed by atoms with Gasteiger partial charge in [0.15, 0.2) is 0 Å². The van der Waals surface area contributed by atoms with Gasteiger partial charge in [0.05, 0.1) is 6.61 Å². The van der Waals surface area contributed by atoms with E-state index in [1.165, 1.54) is 6.07 Å². The summed E-state index contributed by atoms with van der Waals surface area (Å²) < 4.78 is 40.7. The van der Waals surface area contributed by atoms with Crippen molar-refractivity contribution in [2.24, 2.45) is 0 Å². The van der Waals surface area contributed by atoms with Crippen LogP contribution in [-0.4, -0.2) is 19.6 Å². The van der Waals surface area contributed by atoms with Crippen LogP contribution in [0, 0.1) is 5.82 Å². The number of hydrogen-bond donors (Lipinski definition) is 2. The van der Waals surface area contributed by atoms with Crippen LogP contribution < -0.4 is 4.72 Å². The number of benzene rings is 1. The first kappa shape index (κ1) is 17.4. The molecule has 0 aliphatic carbocycles. The lowest BCUT2D eigenvalue weighted by molar-refractivity contribution is 0.274. The van der Waals surface area contributed by atoms with E-state index in [4.69, 9.17) is 16.7 Å². The van der Waals surface area contributed by atoms with Crippen molar-refractivity contribution >= 4 is 21.6 Å². The molecule has 0 bridgehead atoms. The minimum absolute atomic E-state index is 0.0667. The largest absolute Gasteiger partial charge is 0.392 e. The second-order valence-corrected chi connectivity index (χ2v) is 6.82. The summed E-state index contributed by atoms with van der Waals surface area (Å²) in [5.74, 6) is -0.966. The fraction of sp³-hybridized carbons (Fsp3) is 0.538. The van der Waals surface area contributed by atoms with E-state index in [1.54, 1.807) is 6.92 Å². The molecule has 4 nitrogen and oxygen atoms in total. The van der Waals surface area contributed by atoms with Crippen LogP contribution in [0.25, 0.3) is 0 Å². The van der Waals surface area contributed by atoms with Gasteiger partial charge in [0, 0.05) is 16.6 Å². The number of aliphatic hydroxyl groups is 1. The molecule has 1 aromatic carbocycles. The highest BCUT2D eigenvalue weighted by atomic mass is 35.5. The van der Waals surface area contributed by atoms with Crippen molar-refractivity contribution in [3.05, 3.63) is 28.5 Å². The monoisotopic (exact) mass is 323 g/mol. The maximum absolute atomic E-state index is 14.0. The maximum atomic E-state index is 14.0. The molecule has 1 unspecified atom stereocenters. The first-order valence-electron chi connectivity index (χ1n) is 6.43. The second kappa shape index (κ2) is 7.36. The van der Waals surface area contributed by atoms with Crippen molar-refractivity contribution in [2.75, 3.05) is 0 Å². The summed E-state index contributed by atoms with van der Waals surface area (Å²) in [5, 5.41) is 9.08. The lowest BCUT2D eigenvalue weighted by Crippen LogP contribution is -2.33. The van der Waals surface area contributed by atoms with Gasteiger partial charge in [-0.1, -0.05) is 31.4 Å². The van der Waals surface area contributed by atoms with Gasteiger partial charge in [-0.25, -0.2) is 17.5 Å². The molecule has 0 heterocycles. The molecule has 0 aliphatic heterocycles.